The summed E-state index contributed by atoms with van der Waals surface area (Å²) < 4.78 is 12.9. The first-order chi connectivity index (χ1) is 13.6. The van der Waals surface area contributed by atoms with Gasteiger partial charge in [-0.25, -0.2) is 9.38 Å². The highest BCUT2D eigenvalue weighted by Crippen LogP contribution is 2.10. The second-order valence-electron chi connectivity index (χ2n) is 6.40. The maximum atomic E-state index is 12.9. The molecule has 0 aliphatic heterocycles. The van der Waals surface area contributed by atoms with Crippen molar-refractivity contribution in [2.24, 2.45) is 4.99 Å². The number of aryl methyl sites for hydroxylation is 1. The van der Waals surface area contributed by atoms with Crippen molar-refractivity contribution in [3.05, 3.63) is 71.0 Å². The highest BCUT2D eigenvalue weighted by Gasteiger charge is 2.04. The van der Waals surface area contributed by atoms with Crippen LogP contribution in [0.2, 0.25) is 0 Å². The Morgan fingerprint density at radius 3 is 2.29 bits per heavy atom. The number of hydrogen-bond acceptors (Lipinski definition) is 2. The predicted octanol–water partition coefficient (Wildman–Crippen LogP) is 2.80. The van der Waals surface area contributed by atoms with Crippen molar-refractivity contribution in [2.75, 3.05) is 19.6 Å². The second kappa shape index (κ2) is 11.7. The Bertz CT molecular complexity index is 774. The molecule has 150 valence electrons. The molecule has 3 N–H and O–H groups in total. The van der Waals surface area contributed by atoms with Crippen molar-refractivity contribution in [1.82, 2.24) is 16.0 Å². The van der Waals surface area contributed by atoms with Crippen molar-refractivity contribution < 1.29 is 9.18 Å². The average Bonchev–Trinajstić information content (AvgIpc) is 2.71. The molecular formula is C22H29FN4O. The third-order valence-electron chi connectivity index (χ3n) is 4.27. The van der Waals surface area contributed by atoms with E-state index < -0.39 is 0 Å². The number of hydrogen-bond donors (Lipinski definition) is 3. The molecule has 0 aromatic heterocycles. The molecule has 0 atom stereocenters. The Kier molecular flexibility index (Phi) is 8.98. The maximum Gasteiger partial charge on any atom is 0.224 e. The topological polar surface area (TPSA) is 65.5 Å². The SMILES string of the molecule is CCNC(=NCc1ccccc1CC)NCCNC(=O)Cc1ccc(F)cc1. The van der Waals surface area contributed by atoms with Gasteiger partial charge in [-0.05, 0) is 42.2 Å². The van der Waals surface area contributed by atoms with Gasteiger partial charge in [0.25, 0.3) is 0 Å². The number of amides is 1. The van der Waals surface area contributed by atoms with Gasteiger partial charge in [-0.2, -0.15) is 0 Å². The fourth-order valence-electron chi connectivity index (χ4n) is 2.80. The van der Waals surface area contributed by atoms with Crippen LogP contribution in [-0.2, 0) is 24.2 Å². The molecule has 0 unspecified atom stereocenters. The standard InChI is InChI=1S/C22H29FN4O/c1-3-18-7-5-6-8-19(18)16-27-22(24-4-2)26-14-13-25-21(28)15-17-9-11-20(23)12-10-17/h5-12H,3-4,13-16H2,1-2H3,(H,25,28)(H2,24,26,27). The van der Waals surface area contributed by atoms with E-state index in [2.05, 4.69) is 40.0 Å². The lowest BCUT2D eigenvalue weighted by atomic mass is 10.1. The molecule has 0 aliphatic carbocycles. The molecule has 2 aromatic carbocycles. The van der Waals surface area contributed by atoms with Crippen LogP contribution in [0.4, 0.5) is 4.39 Å². The first kappa shape index (κ1) is 21.4. The van der Waals surface area contributed by atoms with E-state index >= 15 is 0 Å². The van der Waals surface area contributed by atoms with Crippen LogP contribution < -0.4 is 16.0 Å². The quantitative estimate of drug-likeness (QED) is 0.354. The lowest BCUT2D eigenvalue weighted by Crippen LogP contribution is -2.41. The molecule has 0 heterocycles. The summed E-state index contributed by atoms with van der Waals surface area (Å²) in [4.78, 5) is 16.6. The summed E-state index contributed by atoms with van der Waals surface area (Å²) in [6, 6.07) is 14.3. The van der Waals surface area contributed by atoms with E-state index in [-0.39, 0.29) is 18.1 Å². The predicted molar refractivity (Wildman–Crippen MR) is 112 cm³/mol. The lowest BCUT2D eigenvalue weighted by molar-refractivity contribution is -0.120. The number of nitrogens with zero attached hydrogens (tertiary/aromatic N) is 1. The van der Waals surface area contributed by atoms with Crippen LogP contribution >= 0.6 is 0 Å². The van der Waals surface area contributed by atoms with Gasteiger partial charge in [0.2, 0.25) is 5.91 Å². The monoisotopic (exact) mass is 384 g/mol. The second-order valence-corrected chi connectivity index (χ2v) is 6.40. The van der Waals surface area contributed by atoms with Gasteiger partial charge in [-0.3, -0.25) is 4.79 Å². The minimum absolute atomic E-state index is 0.0905. The number of nitrogens with one attached hydrogen (secondary N) is 3. The number of aliphatic imine (C=N–C) groups is 1. The summed E-state index contributed by atoms with van der Waals surface area (Å²) in [5.41, 5.74) is 3.31. The molecule has 0 radical (unpaired) electrons. The largest absolute Gasteiger partial charge is 0.357 e. The number of carbonyl (C=O) groups excluding carboxylic acids is 1. The van der Waals surface area contributed by atoms with Crippen molar-refractivity contribution in [3.8, 4) is 0 Å². The molecule has 2 rings (SSSR count). The van der Waals surface area contributed by atoms with E-state index in [4.69, 9.17) is 0 Å². The van der Waals surface area contributed by atoms with Crippen molar-refractivity contribution in [3.63, 3.8) is 0 Å². The van der Waals surface area contributed by atoms with Crippen molar-refractivity contribution >= 4 is 11.9 Å². The summed E-state index contributed by atoms with van der Waals surface area (Å²) in [7, 11) is 0. The minimum Gasteiger partial charge on any atom is -0.357 e. The van der Waals surface area contributed by atoms with Gasteiger partial charge in [0.15, 0.2) is 5.96 Å². The molecule has 0 aliphatic rings. The van der Waals surface area contributed by atoms with Gasteiger partial charge < -0.3 is 16.0 Å². The number of carbonyl (C=O) groups is 1. The van der Waals surface area contributed by atoms with Gasteiger partial charge in [0.1, 0.15) is 5.82 Å². The average molecular weight is 384 g/mol. The highest BCUT2D eigenvalue weighted by molar-refractivity contribution is 5.80. The summed E-state index contributed by atoms with van der Waals surface area (Å²) in [6.45, 7) is 6.57. The summed E-state index contributed by atoms with van der Waals surface area (Å²) in [5.74, 6) is 0.332. The van der Waals surface area contributed by atoms with E-state index in [1.807, 2.05) is 19.1 Å². The van der Waals surface area contributed by atoms with Crippen LogP contribution in [0.1, 0.15) is 30.5 Å². The lowest BCUT2D eigenvalue weighted by Gasteiger charge is -2.12. The maximum absolute atomic E-state index is 12.9. The smallest absolute Gasteiger partial charge is 0.224 e. The first-order valence-electron chi connectivity index (χ1n) is 9.72. The fraction of sp³-hybridized carbons (Fsp3) is 0.364. The third-order valence-corrected chi connectivity index (χ3v) is 4.27. The summed E-state index contributed by atoms with van der Waals surface area (Å²) in [6.07, 6.45) is 1.22. The van der Waals surface area contributed by atoms with Gasteiger partial charge in [-0.1, -0.05) is 43.3 Å². The van der Waals surface area contributed by atoms with Crippen LogP contribution in [0, 0.1) is 5.82 Å². The van der Waals surface area contributed by atoms with Crippen molar-refractivity contribution in [2.45, 2.75) is 33.2 Å². The molecule has 0 saturated heterocycles. The number of guanidine groups is 1. The Balaban J connectivity index is 1.77. The number of benzene rings is 2. The van der Waals surface area contributed by atoms with Crippen LogP contribution in [-0.4, -0.2) is 31.5 Å². The number of halogens is 1. The Hall–Kier alpha value is -2.89. The van der Waals surface area contributed by atoms with Crippen LogP contribution in [0.3, 0.4) is 0 Å². The zero-order valence-corrected chi connectivity index (χ0v) is 16.6. The van der Waals surface area contributed by atoms with Gasteiger partial charge in [0.05, 0.1) is 13.0 Å². The van der Waals surface area contributed by atoms with E-state index in [1.165, 1.54) is 23.3 Å². The molecule has 1 amide bonds. The van der Waals surface area contributed by atoms with Gasteiger partial charge in [0, 0.05) is 19.6 Å². The van der Waals surface area contributed by atoms with E-state index in [9.17, 15) is 9.18 Å². The molecule has 0 fully saturated rings. The zero-order chi connectivity index (χ0) is 20.2. The molecule has 28 heavy (non-hydrogen) atoms. The van der Waals surface area contributed by atoms with Crippen LogP contribution in [0.15, 0.2) is 53.5 Å². The normalized spacial score (nSPS) is 11.2. The fourth-order valence-corrected chi connectivity index (χ4v) is 2.80. The Morgan fingerprint density at radius 1 is 0.929 bits per heavy atom. The van der Waals surface area contributed by atoms with Crippen molar-refractivity contribution in [1.29, 1.82) is 0 Å². The first-order valence-corrected chi connectivity index (χ1v) is 9.72. The van der Waals surface area contributed by atoms with E-state index in [0.717, 1.165) is 24.5 Å². The van der Waals surface area contributed by atoms with Crippen LogP contribution in [0.25, 0.3) is 0 Å². The van der Waals surface area contributed by atoms with Crippen LogP contribution in [0.5, 0.6) is 0 Å². The summed E-state index contributed by atoms with van der Waals surface area (Å²) >= 11 is 0. The molecule has 0 bridgehead atoms. The zero-order valence-electron chi connectivity index (χ0n) is 16.6. The highest BCUT2D eigenvalue weighted by atomic mass is 19.1. The molecular weight excluding hydrogens is 355 g/mol. The molecule has 5 nitrogen and oxygen atoms in total. The molecule has 0 spiro atoms. The Morgan fingerprint density at radius 2 is 1.61 bits per heavy atom. The molecule has 2 aromatic rings. The molecule has 0 saturated carbocycles. The number of rotatable bonds is 9. The molecule has 6 heteroatoms. The van der Waals surface area contributed by atoms with Gasteiger partial charge >= 0.3 is 0 Å². The van der Waals surface area contributed by atoms with E-state index in [1.54, 1.807) is 12.1 Å². The van der Waals surface area contributed by atoms with Gasteiger partial charge in [-0.15, -0.1) is 0 Å². The summed E-state index contributed by atoms with van der Waals surface area (Å²) in [5, 5.41) is 9.30. The van der Waals surface area contributed by atoms with E-state index in [0.29, 0.717) is 19.6 Å². The minimum atomic E-state index is -0.301. The Labute approximate surface area is 166 Å². The third kappa shape index (κ3) is 7.39.